The van der Waals surface area contributed by atoms with Gasteiger partial charge < -0.3 is 4.79 Å². The molecule has 0 atom stereocenters. The van der Waals surface area contributed by atoms with E-state index in [9.17, 15) is 4.79 Å². The van der Waals surface area contributed by atoms with Crippen molar-refractivity contribution in [3.05, 3.63) is 33.8 Å². The Morgan fingerprint density at radius 2 is 2.00 bits per heavy atom. The smallest absolute Gasteiger partial charge is 0.120 e. The fourth-order valence-corrected chi connectivity index (χ4v) is 2.76. The lowest BCUT2D eigenvalue weighted by molar-refractivity contribution is -0.107. The lowest BCUT2D eigenvalue weighted by Crippen LogP contribution is -1.98. The van der Waals surface area contributed by atoms with Crippen molar-refractivity contribution in [1.29, 1.82) is 0 Å². The van der Waals surface area contributed by atoms with Gasteiger partial charge in [-0.3, -0.25) is 0 Å². The third kappa shape index (κ3) is 3.44. The maximum Gasteiger partial charge on any atom is 0.120 e. The predicted octanol–water partition coefficient (Wildman–Crippen LogP) is 4.48. The average molecular weight is 283 g/mol. The minimum atomic E-state index is 0.608. The van der Waals surface area contributed by atoms with E-state index in [0.29, 0.717) is 12.3 Å². The van der Waals surface area contributed by atoms with E-state index in [1.165, 1.54) is 28.4 Å². The standard InChI is InChI=1S/C14H19BrO/c1-3-12(4-2)13-8-7-11(6-5-9-16)10-14(13)15/h7-10,12H,3-6H2,1-2H3. The molecular formula is C14H19BrO. The number of carbonyl (C=O) groups excluding carboxylic acids is 1. The zero-order chi connectivity index (χ0) is 12.0. The van der Waals surface area contributed by atoms with Crippen molar-refractivity contribution < 1.29 is 4.79 Å². The summed E-state index contributed by atoms with van der Waals surface area (Å²) in [5.41, 5.74) is 2.62. The van der Waals surface area contributed by atoms with Crippen LogP contribution in [0.1, 0.15) is 50.2 Å². The molecule has 0 aromatic heterocycles. The molecule has 0 aliphatic heterocycles. The van der Waals surface area contributed by atoms with Gasteiger partial charge in [-0.2, -0.15) is 0 Å². The second kappa shape index (κ2) is 6.85. The molecule has 1 rings (SSSR count). The molecule has 0 heterocycles. The Bertz CT molecular complexity index is 343. The van der Waals surface area contributed by atoms with Crippen molar-refractivity contribution in [3.8, 4) is 0 Å². The Morgan fingerprint density at radius 3 is 2.50 bits per heavy atom. The van der Waals surface area contributed by atoms with Crippen LogP contribution in [-0.4, -0.2) is 6.29 Å². The third-order valence-electron chi connectivity index (χ3n) is 3.04. The predicted molar refractivity (Wildman–Crippen MR) is 71.9 cm³/mol. The molecule has 1 aromatic rings. The summed E-state index contributed by atoms with van der Waals surface area (Å²) in [5.74, 6) is 0.634. The summed E-state index contributed by atoms with van der Waals surface area (Å²) >= 11 is 3.63. The van der Waals surface area contributed by atoms with E-state index >= 15 is 0 Å². The third-order valence-corrected chi connectivity index (χ3v) is 3.73. The molecule has 0 amide bonds. The molecule has 16 heavy (non-hydrogen) atoms. The summed E-state index contributed by atoms with van der Waals surface area (Å²) in [5, 5.41) is 0. The van der Waals surface area contributed by atoms with Crippen LogP contribution in [-0.2, 0) is 11.2 Å². The summed E-state index contributed by atoms with van der Waals surface area (Å²) in [4.78, 5) is 10.3. The van der Waals surface area contributed by atoms with Crippen molar-refractivity contribution in [2.24, 2.45) is 0 Å². The van der Waals surface area contributed by atoms with Gasteiger partial charge in [-0.05, 0) is 42.4 Å². The van der Waals surface area contributed by atoms with E-state index in [1.807, 2.05) is 0 Å². The minimum absolute atomic E-state index is 0.608. The lowest BCUT2D eigenvalue weighted by Gasteiger charge is -2.15. The highest BCUT2D eigenvalue weighted by atomic mass is 79.9. The van der Waals surface area contributed by atoms with E-state index in [0.717, 1.165) is 12.7 Å². The first-order valence-corrected chi connectivity index (χ1v) is 6.74. The number of hydrogen-bond donors (Lipinski definition) is 0. The molecule has 2 heteroatoms. The molecule has 0 saturated carbocycles. The highest BCUT2D eigenvalue weighted by molar-refractivity contribution is 9.10. The Morgan fingerprint density at radius 1 is 1.31 bits per heavy atom. The molecule has 0 saturated heterocycles. The fourth-order valence-electron chi connectivity index (χ4n) is 2.01. The molecule has 0 fully saturated rings. The van der Waals surface area contributed by atoms with Crippen LogP contribution in [0.3, 0.4) is 0 Å². The van der Waals surface area contributed by atoms with Gasteiger partial charge in [-0.25, -0.2) is 0 Å². The molecule has 0 unspecified atom stereocenters. The number of hydrogen-bond acceptors (Lipinski definition) is 1. The van der Waals surface area contributed by atoms with Crippen LogP contribution < -0.4 is 0 Å². The Labute approximate surface area is 106 Å². The van der Waals surface area contributed by atoms with E-state index in [2.05, 4.69) is 48.0 Å². The van der Waals surface area contributed by atoms with E-state index in [1.54, 1.807) is 0 Å². The van der Waals surface area contributed by atoms with E-state index in [-0.39, 0.29) is 0 Å². The molecular weight excluding hydrogens is 264 g/mol. The fraction of sp³-hybridized carbons (Fsp3) is 0.500. The number of rotatable bonds is 6. The number of benzene rings is 1. The summed E-state index contributed by atoms with van der Waals surface area (Å²) in [6.07, 6.45) is 4.76. The Balaban J connectivity index is 2.85. The van der Waals surface area contributed by atoms with Gasteiger partial charge in [0.15, 0.2) is 0 Å². The van der Waals surface area contributed by atoms with Crippen LogP contribution in [0, 0.1) is 0 Å². The maximum absolute atomic E-state index is 10.3. The maximum atomic E-state index is 10.3. The van der Waals surface area contributed by atoms with Crippen LogP contribution >= 0.6 is 15.9 Å². The zero-order valence-corrected chi connectivity index (χ0v) is 11.6. The number of aryl methyl sites for hydroxylation is 1. The Hall–Kier alpha value is -0.630. The first-order valence-electron chi connectivity index (χ1n) is 5.94. The zero-order valence-electron chi connectivity index (χ0n) is 10.0. The van der Waals surface area contributed by atoms with Crippen molar-refractivity contribution >= 4 is 22.2 Å². The number of aldehydes is 1. The highest BCUT2D eigenvalue weighted by Gasteiger charge is 2.10. The summed E-state index contributed by atoms with van der Waals surface area (Å²) in [7, 11) is 0. The Kier molecular flexibility index (Phi) is 5.75. The summed E-state index contributed by atoms with van der Waals surface area (Å²) in [6.45, 7) is 4.45. The van der Waals surface area contributed by atoms with Crippen LogP contribution in [0.25, 0.3) is 0 Å². The lowest BCUT2D eigenvalue weighted by atomic mass is 9.93. The first-order chi connectivity index (χ1) is 7.72. The van der Waals surface area contributed by atoms with Crippen LogP contribution in [0.5, 0.6) is 0 Å². The van der Waals surface area contributed by atoms with Gasteiger partial charge in [0.2, 0.25) is 0 Å². The van der Waals surface area contributed by atoms with Crippen LogP contribution in [0.4, 0.5) is 0 Å². The second-order valence-corrected chi connectivity index (χ2v) is 4.93. The molecule has 1 aromatic carbocycles. The molecule has 0 spiro atoms. The molecule has 0 bridgehead atoms. The SMILES string of the molecule is CCC(CC)c1ccc(CCC=O)cc1Br. The van der Waals surface area contributed by atoms with Gasteiger partial charge in [-0.1, -0.05) is 41.9 Å². The van der Waals surface area contributed by atoms with Crippen molar-refractivity contribution in [2.45, 2.75) is 45.4 Å². The average Bonchev–Trinajstić information content (AvgIpc) is 2.30. The van der Waals surface area contributed by atoms with Gasteiger partial charge in [0.25, 0.3) is 0 Å². The largest absolute Gasteiger partial charge is 0.303 e. The monoisotopic (exact) mass is 282 g/mol. The van der Waals surface area contributed by atoms with Crippen molar-refractivity contribution in [3.63, 3.8) is 0 Å². The van der Waals surface area contributed by atoms with Crippen LogP contribution in [0.2, 0.25) is 0 Å². The normalized spacial score (nSPS) is 10.8. The molecule has 0 N–H and O–H groups in total. The van der Waals surface area contributed by atoms with Gasteiger partial charge in [0.1, 0.15) is 6.29 Å². The van der Waals surface area contributed by atoms with Gasteiger partial charge in [-0.15, -0.1) is 0 Å². The number of halogens is 1. The molecule has 1 nitrogen and oxygen atoms in total. The number of carbonyl (C=O) groups is 1. The first kappa shape index (κ1) is 13.4. The van der Waals surface area contributed by atoms with Gasteiger partial charge in [0, 0.05) is 10.9 Å². The highest BCUT2D eigenvalue weighted by Crippen LogP contribution is 2.30. The molecule has 0 radical (unpaired) electrons. The van der Waals surface area contributed by atoms with Crippen molar-refractivity contribution in [1.82, 2.24) is 0 Å². The molecule has 88 valence electrons. The van der Waals surface area contributed by atoms with Gasteiger partial charge in [0.05, 0.1) is 0 Å². The van der Waals surface area contributed by atoms with Crippen molar-refractivity contribution in [2.75, 3.05) is 0 Å². The van der Waals surface area contributed by atoms with E-state index in [4.69, 9.17) is 0 Å². The van der Waals surface area contributed by atoms with E-state index < -0.39 is 0 Å². The molecule has 0 aliphatic carbocycles. The topological polar surface area (TPSA) is 17.1 Å². The second-order valence-electron chi connectivity index (χ2n) is 4.07. The van der Waals surface area contributed by atoms with Gasteiger partial charge >= 0.3 is 0 Å². The quantitative estimate of drug-likeness (QED) is 0.703. The molecule has 0 aliphatic rings. The van der Waals surface area contributed by atoms with Crippen LogP contribution in [0.15, 0.2) is 22.7 Å². The summed E-state index contributed by atoms with van der Waals surface area (Å²) < 4.78 is 1.18. The summed E-state index contributed by atoms with van der Waals surface area (Å²) in [6, 6.07) is 6.49. The minimum Gasteiger partial charge on any atom is -0.303 e.